The molecule has 0 spiro atoms. The third-order valence-electron chi connectivity index (χ3n) is 3.27. The molecular formula is C13H15N3O3S2. The highest BCUT2D eigenvalue weighted by Crippen LogP contribution is 2.34. The number of aromatic nitrogens is 1. The molecule has 0 saturated heterocycles. The number of ether oxygens (including phenoxy) is 1. The number of benzene rings is 1. The van der Waals surface area contributed by atoms with E-state index in [0.717, 1.165) is 22.6 Å². The zero-order chi connectivity index (χ0) is 15.0. The van der Waals surface area contributed by atoms with Crippen LogP contribution in [0.4, 0.5) is 5.13 Å². The Balaban J connectivity index is 1.92. The Morgan fingerprint density at radius 3 is 2.90 bits per heavy atom. The summed E-state index contributed by atoms with van der Waals surface area (Å²) in [4.78, 5) is 3.97. The fourth-order valence-electron chi connectivity index (χ4n) is 2.36. The van der Waals surface area contributed by atoms with Crippen molar-refractivity contribution in [1.82, 2.24) is 9.71 Å². The van der Waals surface area contributed by atoms with E-state index in [2.05, 4.69) is 9.71 Å². The lowest BCUT2D eigenvalue weighted by molar-refractivity contribution is 0.263. The minimum absolute atomic E-state index is 0.170. The Bertz CT molecular complexity index is 771. The summed E-state index contributed by atoms with van der Waals surface area (Å²) < 4.78 is 33.5. The van der Waals surface area contributed by atoms with E-state index in [1.54, 1.807) is 6.92 Å². The Morgan fingerprint density at radius 2 is 2.19 bits per heavy atom. The number of hydrogen-bond donors (Lipinski definition) is 2. The average molecular weight is 325 g/mol. The van der Waals surface area contributed by atoms with Gasteiger partial charge in [-0.25, -0.2) is 18.1 Å². The van der Waals surface area contributed by atoms with Gasteiger partial charge in [-0.05, 0) is 13.0 Å². The molecule has 0 radical (unpaired) electrons. The molecule has 1 aliphatic heterocycles. The van der Waals surface area contributed by atoms with Crippen LogP contribution in [0.2, 0.25) is 0 Å². The van der Waals surface area contributed by atoms with E-state index in [9.17, 15) is 8.42 Å². The number of nitrogen functional groups attached to an aromatic ring is 1. The highest BCUT2D eigenvalue weighted by molar-refractivity contribution is 7.91. The largest absolute Gasteiger partial charge is 0.493 e. The van der Waals surface area contributed by atoms with Gasteiger partial charge in [-0.15, -0.1) is 0 Å². The van der Waals surface area contributed by atoms with Gasteiger partial charge in [-0.1, -0.05) is 29.5 Å². The van der Waals surface area contributed by atoms with Gasteiger partial charge in [0.1, 0.15) is 5.75 Å². The molecule has 2 heterocycles. The van der Waals surface area contributed by atoms with Gasteiger partial charge in [-0.2, -0.15) is 0 Å². The maximum absolute atomic E-state index is 12.5. The van der Waals surface area contributed by atoms with Crippen LogP contribution in [0.15, 0.2) is 28.5 Å². The maximum atomic E-state index is 12.5. The summed E-state index contributed by atoms with van der Waals surface area (Å²) in [6.45, 7) is 2.12. The van der Waals surface area contributed by atoms with Crippen LogP contribution in [0, 0.1) is 6.92 Å². The summed E-state index contributed by atoms with van der Waals surface area (Å²) in [5, 5.41) is 0.250. The molecule has 0 amide bonds. The summed E-state index contributed by atoms with van der Waals surface area (Å²) in [6, 6.07) is 7.14. The molecule has 0 bridgehead atoms. The smallest absolute Gasteiger partial charge is 0.252 e. The summed E-state index contributed by atoms with van der Waals surface area (Å²) in [7, 11) is -3.64. The molecule has 0 fully saturated rings. The highest BCUT2D eigenvalue weighted by atomic mass is 32.2. The predicted molar refractivity (Wildman–Crippen MR) is 80.9 cm³/mol. The molecule has 1 aliphatic rings. The molecule has 1 unspecified atom stereocenters. The van der Waals surface area contributed by atoms with E-state index in [1.807, 2.05) is 24.3 Å². The second-order valence-corrected chi connectivity index (χ2v) is 7.71. The first-order chi connectivity index (χ1) is 9.97. The molecule has 3 rings (SSSR count). The third kappa shape index (κ3) is 2.74. The van der Waals surface area contributed by atoms with Crippen molar-refractivity contribution in [3.8, 4) is 5.75 Å². The fourth-order valence-corrected chi connectivity index (χ4v) is 4.92. The van der Waals surface area contributed by atoms with Gasteiger partial charge in [0.2, 0.25) is 0 Å². The lowest BCUT2D eigenvalue weighted by atomic mass is 10.0. The van der Waals surface area contributed by atoms with Gasteiger partial charge in [0.25, 0.3) is 10.0 Å². The number of nitrogens with one attached hydrogen (secondary N) is 1. The fraction of sp³-hybridized carbons (Fsp3) is 0.308. The first kappa shape index (κ1) is 14.3. The predicted octanol–water partition coefficient (Wildman–Crippen LogP) is 1.84. The van der Waals surface area contributed by atoms with Gasteiger partial charge in [0.15, 0.2) is 9.34 Å². The Kier molecular flexibility index (Phi) is 3.60. The first-order valence-corrected chi connectivity index (χ1v) is 8.74. The summed E-state index contributed by atoms with van der Waals surface area (Å²) >= 11 is 0.976. The van der Waals surface area contributed by atoms with Crippen molar-refractivity contribution >= 4 is 26.5 Å². The molecule has 1 atom stereocenters. The zero-order valence-electron chi connectivity index (χ0n) is 11.4. The van der Waals surface area contributed by atoms with Crippen molar-refractivity contribution in [2.45, 2.75) is 23.6 Å². The van der Waals surface area contributed by atoms with Gasteiger partial charge < -0.3 is 10.5 Å². The minimum Gasteiger partial charge on any atom is -0.493 e. The van der Waals surface area contributed by atoms with Crippen molar-refractivity contribution in [3.05, 3.63) is 35.5 Å². The Morgan fingerprint density at radius 1 is 1.43 bits per heavy atom. The molecular weight excluding hydrogens is 310 g/mol. The molecule has 0 aliphatic carbocycles. The number of nitrogens with zero attached hydrogens (tertiary/aromatic N) is 1. The van der Waals surface area contributed by atoms with E-state index in [0.29, 0.717) is 18.7 Å². The van der Waals surface area contributed by atoms with E-state index >= 15 is 0 Å². The highest BCUT2D eigenvalue weighted by Gasteiger charge is 2.29. The van der Waals surface area contributed by atoms with Crippen molar-refractivity contribution in [3.63, 3.8) is 0 Å². The molecule has 1 aromatic carbocycles. The molecule has 6 nitrogen and oxygen atoms in total. The molecule has 0 saturated carbocycles. The maximum Gasteiger partial charge on any atom is 0.252 e. The number of thiazole rings is 1. The van der Waals surface area contributed by atoms with Crippen LogP contribution >= 0.6 is 11.3 Å². The van der Waals surface area contributed by atoms with Gasteiger partial charge in [0, 0.05) is 12.0 Å². The van der Waals surface area contributed by atoms with Crippen molar-refractivity contribution in [1.29, 1.82) is 0 Å². The summed E-state index contributed by atoms with van der Waals surface area (Å²) in [6.07, 6.45) is 0.587. The standard InChI is InChI=1S/C13H15N3O3S2/c1-8-12(20-13(14)15-8)21(17,18)16-10-6-7-19-11-5-3-2-4-9(10)11/h2-5,10,16H,6-7H2,1H3,(H2,14,15). The zero-order valence-corrected chi connectivity index (χ0v) is 13.0. The van der Waals surface area contributed by atoms with Gasteiger partial charge in [-0.3, -0.25) is 0 Å². The topological polar surface area (TPSA) is 94.3 Å². The van der Waals surface area contributed by atoms with Crippen LogP contribution in [0.5, 0.6) is 5.75 Å². The first-order valence-electron chi connectivity index (χ1n) is 6.44. The monoisotopic (exact) mass is 325 g/mol. The van der Waals surface area contributed by atoms with E-state index in [1.165, 1.54) is 0 Å². The van der Waals surface area contributed by atoms with Crippen molar-refractivity contribution < 1.29 is 13.2 Å². The third-order valence-corrected chi connectivity index (χ3v) is 6.34. The average Bonchev–Trinajstić information content (AvgIpc) is 2.79. The number of fused-ring (bicyclic) bond motifs is 1. The number of sulfonamides is 1. The molecule has 1 aromatic heterocycles. The Labute approximate surface area is 127 Å². The van der Waals surface area contributed by atoms with Crippen molar-refractivity contribution in [2.75, 3.05) is 12.3 Å². The quantitative estimate of drug-likeness (QED) is 0.898. The SMILES string of the molecule is Cc1nc(N)sc1S(=O)(=O)NC1CCOc2ccccc21. The summed E-state index contributed by atoms with van der Waals surface area (Å²) in [5.41, 5.74) is 6.85. The normalized spacial score (nSPS) is 18.0. The van der Waals surface area contributed by atoms with Crippen LogP contribution < -0.4 is 15.2 Å². The minimum atomic E-state index is -3.64. The van der Waals surface area contributed by atoms with Gasteiger partial charge >= 0.3 is 0 Å². The summed E-state index contributed by atoms with van der Waals surface area (Å²) in [5.74, 6) is 0.719. The molecule has 2 aromatic rings. The lowest BCUT2D eigenvalue weighted by Crippen LogP contribution is -2.32. The van der Waals surface area contributed by atoms with Gasteiger partial charge in [0.05, 0.1) is 18.3 Å². The molecule has 112 valence electrons. The lowest BCUT2D eigenvalue weighted by Gasteiger charge is -2.26. The van der Waals surface area contributed by atoms with E-state index < -0.39 is 10.0 Å². The second kappa shape index (κ2) is 5.28. The number of aryl methyl sites for hydroxylation is 1. The van der Waals surface area contributed by atoms with Crippen LogP contribution in [0.1, 0.15) is 23.7 Å². The van der Waals surface area contributed by atoms with Crippen molar-refractivity contribution in [2.24, 2.45) is 0 Å². The molecule has 3 N–H and O–H groups in total. The second-order valence-electron chi connectivity index (χ2n) is 4.77. The van der Waals surface area contributed by atoms with E-state index in [-0.39, 0.29) is 15.4 Å². The molecule has 21 heavy (non-hydrogen) atoms. The van der Waals surface area contributed by atoms with Crippen LogP contribution in [-0.2, 0) is 10.0 Å². The number of nitrogens with two attached hydrogens (primary N) is 1. The van der Waals surface area contributed by atoms with E-state index in [4.69, 9.17) is 10.5 Å². The van der Waals surface area contributed by atoms with Crippen LogP contribution in [0.25, 0.3) is 0 Å². The number of para-hydroxylation sites is 1. The number of anilines is 1. The molecule has 8 heteroatoms. The number of rotatable bonds is 3. The van der Waals surface area contributed by atoms with Crippen LogP contribution in [-0.4, -0.2) is 20.0 Å². The number of hydrogen-bond acceptors (Lipinski definition) is 6. The Hall–Kier alpha value is -1.64. The van der Waals surface area contributed by atoms with Crippen LogP contribution in [0.3, 0.4) is 0 Å².